The molecule has 0 aromatic carbocycles. The molecule has 0 saturated heterocycles. The summed E-state index contributed by atoms with van der Waals surface area (Å²) in [6, 6.07) is 0. The normalized spacial score (nSPS) is 20.2. The first-order valence-electron chi connectivity index (χ1n) is 3.31. The van der Waals surface area contributed by atoms with Gasteiger partial charge >= 0.3 is 0 Å². The van der Waals surface area contributed by atoms with E-state index < -0.39 is 4.92 Å². The summed E-state index contributed by atoms with van der Waals surface area (Å²) in [6.45, 7) is 3.03. The van der Waals surface area contributed by atoms with Crippen molar-refractivity contribution in [1.29, 1.82) is 0 Å². The third-order valence-corrected chi connectivity index (χ3v) is 1.66. The summed E-state index contributed by atoms with van der Waals surface area (Å²) < 4.78 is 0. The zero-order valence-corrected chi connectivity index (χ0v) is 6.70. The number of nitro groups is 1. The Balaban J connectivity index is 3.23. The molecule has 0 amide bonds. The van der Waals surface area contributed by atoms with Crippen molar-refractivity contribution in [2.45, 2.75) is 13.8 Å². The van der Waals surface area contributed by atoms with Crippen LogP contribution in [0, 0.1) is 10.1 Å². The third-order valence-electron chi connectivity index (χ3n) is 1.66. The molecule has 1 aliphatic heterocycles. The number of hydrogen-bond acceptors (Lipinski definition) is 4. The highest BCUT2D eigenvalue weighted by Crippen LogP contribution is 2.23. The van der Waals surface area contributed by atoms with Crippen molar-refractivity contribution in [3.05, 3.63) is 33.3 Å². The van der Waals surface area contributed by atoms with E-state index >= 15 is 0 Å². The van der Waals surface area contributed by atoms with Crippen molar-refractivity contribution in [2.75, 3.05) is 0 Å². The van der Waals surface area contributed by atoms with Gasteiger partial charge in [-0.25, -0.2) is 4.99 Å². The van der Waals surface area contributed by atoms with Crippen LogP contribution >= 0.6 is 0 Å². The zero-order valence-electron chi connectivity index (χ0n) is 6.70. The summed E-state index contributed by atoms with van der Waals surface area (Å²) in [4.78, 5) is 13.6. The van der Waals surface area contributed by atoms with E-state index in [9.17, 15) is 15.2 Å². The predicted molar refractivity (Wildman–Crippen MR) is 40.9 cm³/mol. The van der Waals surface area contributed by atoms with Gasteiger partial charge < -0.3 is 5.11 Å². The van der Waals surface area contributed by atoms with E-state index in [1.807, 2.05) is 0 Å². The largest absolute Gasteiger partial charge is 0.876 e. The first-order valence-corrected chi connectivity index (χ1v) is 3.31. The van der Waals surface area contributed by atoms with Crippen LogP contribution in [0.3, 0.4) is 0 Å². The lowest BCUT2D eigenvalue weighted by Gasteiger charge is -1.96. The third kappa shape index (κ3) is 1.09. The van der Waals surface area contributed by atoms with Crippen LogP contribution in [0.5, 0.6) is 0 Å². The first-order chi connectivity index (χ1) is 5.57. The Morgan fingerprint density at radius 2 is 2.08 bits per heavy atom. The van der Waals surface area contributed by atoms with Gasteiger partial charge in [0.1, 0.15) is 5.71 Å². The lowest BCUT2D eigenvalue weighted by molar-refractivity contribution is -0.415. The molecule has 0 fully saturated rings. The van der Waals surface area contributed by atoms with E-state index in [1.54, 1.807) is 0 Å². The van der Waals surface area contributed by atoms with Gasteiger partial charge in [0.25, 0.3) is 5.70 Å². The molecule has 1 rings (SSSR count). The van der Waals surface area contributed by atoms with E-state index in [1.165, 1.54) is 13.8 Å². The molecule has 5 nitrogen and oxygen atoms in total. The van der Waals surface area contributed by atoms with Gasteiger partial charge in [-0.1, -0.05) is 0 Å². The van der Waals surface area contributed by atoms with Crippen LogP contribution in [0.15, 0.2) is 28.2 Å². The first kappa shape index (κ1) is 8.45. The second-order valence-corrected chi connectivity index (χ2v) is 2.43. The summed E-state index contributed by atoms with van der Waals surface area (Å²) >= 11 is 0. The molecule has 0 saturated carbocycles. The standard InChI is InChI=1S/C7H8N2O3/c1-4-6(3-10)8-5(2)7(4)9(11)12/h3,10H,1-2H3/p-1. The quantitative estimate of drug-likeness (QED) is 0.318. The molecule has 0 aromatic rings. The van der Waals surface area contributed by atoms with Crippen LogP contribution < -0.4 is 5.11 Å². The van der Waals surface area contributed by atoms with Crippen LogP contribution in [0.2, 0.25) is 0 Å². The molecule has 1 aliphatic rings. The van der Waals surface area contributed by atoms with Gasteiger partial charge in [-0.3, -0.25) is 10.1 Å². The second kappa shape index (κ2) is 2.77. The number of nitrogens with zero attached hydrogens (tertiary/aromatic N) is 2. The summed E-state index contributed by atoms with van der Waals surface area (Å²) in [6.07, 6.45) is 0.523. The van der Waals surface area contributed by atoms with Crippen molar-refractivity contribution in [3.63, 3.8) is 0 Å². The van der Waals surface area contributed by atoms with Gasteiger partial charge in [0.15, 0.2) is 0 Å². The fraction of sp³-hybridized carbons (Fsp3) is 0.286. The molecule has 12 heavy (non-hydrogen) atoms. The molecule has 0 aliphatic carbocycles. The second-order valence-electron chi connectivity index (χ2n) is 2.43. The molecule has 0 radical (unpaired) electrons. The van der Waals surface area contributed by atoms with Crippen molar-refractivity contribution in [2.24, 2.45) is 4.99 Å². The van der Waals surface area contributed by atoms with Crippen LogP contribution in [0.4, 0.5) is 0 Å². The maximum atomic E-state index is 10.4. The molecule has 0 bridgehead atoms. The highest BCUT2D eigenvalue weighted by atomic mass is 16.6. The molecular weight excluding hydrogens is 160 g/mol. The Bertz CT molecular complexity index is 326. The van der Waals surface area contributed by atoms with Crippen LogP contribution in [0.25, 0.3) is 0 Å². The zero-order chi connectivity index (χ0) is 9.30. The lowest BCUT2D eigenvalue weighted by atomic mass is 10.2. The van der Waals surface area contributed by atoms with Gasteiger partial charge in [-0.05, 0) is 13.8 Å². The topological polar surface area (TPSA) is 78.6 Å². The molecule has 0 unspecified atom stereocenters. The Labute approximate surface area is 68.9 Å². The molecule has 5 heteroatoms. The molecule has 64 valence electrons. The average molecular weight is 167 g/mol. The number of rotatable bonds is 1. The highest BCUT2D eigenvalue weighted by molar-refractivity contribution is 6.00. The molecular formula is C7H7N2O3-. The van der Waals surface area contributed by atoms with Crippen molar-refractivity contribution >= 4 is 5.71 Å². The molecule has 1 heterocycles. The monoisotopic (exact) mass is 167 g/mol. The Kier molecular flexibility index (Phi) is 1.95. The molecule has 0 aromatic heterocycles. The SMILES string of the molecule is CC1=NC(=C[O-])C(C)=C1[N+](=O)[O-]. The Morgan fingerprint density at radius 3 is 2.33 bits per heavy atom. The minimum Gasteiger partial charge on any atom is -0.876 e. The van der Waals surface area contributed by atoms with Gasteiger partial charge in [0, 0.05) is 0 Å². The predicted octanol–water partition coefficient (Wildman–Crippen LogP) is 0.213. The van der Waals surface area contributed by atoms with Gasteiger partial charge in [-0.15, -0.1) is 6.26 Å². The Hall–Kier alpha value is -1.65. The minimum atomic E-state index is -0.523. The lowest BCUT2D eigenvalue weighted by Crippen LogP contribution is -2.06. The smallest absolute Gasteiger partial charge is 0.295 e. The van der Waals surface area contributed by atoms with E-state index in [4.69, 9.17) is 0 Å². The van der Waals surface area contributed by atoms with Gasteiger partial charge in [-0.2, -0.15) is 0 Å². The average Bonchev–Trinajstić information content (AvgIpc) is 2.25. The Morgan fingerprint density at radius 1 is 1.50 bits per heavy atom. The highest BCUT2D eigenvalue weighted by Gasteiger charge is 2.26. The number of aliphatic imine (C=N–C) groups is 1. The maximum Gasteiger partial charge on any atom is 0.295 e. The van der Waals surface area contributed by atoms with E-state index in [-0.39, 0.29) is 11.4 Å². The van der Waals surface area contributed by atoms with Crippen LogP contribution in [-0.2, 0) is 0 Å². The van der Waals surface area contributed by atoms with E-state index in [0.29, 0.717) is 17.5 Å². The van der Waals surface area contributed by atoms with Crippen molar-refractivity contribution in [3.8, 4) is 0 Å². The maximum absolute atomic E-state index is 10.4. The summed E-state index contributed by atoms with van der Waals surface area (Å²) in [5.74, 6) is 0. The van der Waals surface area contributed by atoms with Gasteiger partial charge in [0.05, 0.1) is 16.2 Å². The fourth-order valence-corrected chi connectivity index (χ4v) is 1.09. The fourth-order valence-electron chi connectivity index (χ4n) is 1.09. The van der Waals surface area contributed by atoms with Gasteiger partial charge in [0.2, 0.25) is 0 Å². The minimum absolute atomic E-state index is 0.0582. The molecule has 0 N–H and O–H groups in total. The summed E-state index contributed by atoms with van der Waals surface area (Å²) in [7, 11) is 0. The number of allylic oxidation sites excluding steroid dienone is 2. The summed E-state index contributed by atoms with van der Waals surface area (Å²) in [5.41, 5.74) is 0.725. The van der Waals surface area contributed by atoms with Crippen molar-refractivity contribution < 1.29 is 10.0 Å². The van der Waals surface area contributed by atoms with Crippen molar-refractivity contribution in [1.82, 2.24) is 0 Å². The van der Waals surface area contributed by atoms with E-state index in [0.717, 1.165) is 0 Å². The van der Waals surface area contributed by atoms with Crippen LogP contribution in [0.1, 0.15) is 13.8 Å². The molecule has 0 spiro atoms. The molecule has 0 atom stereocenters. The van der Waals surface area contributed by atoms with E-state index in [2.05, 4.69) is 4.99 Å². The summed E-state index contributed by atoms with van der Waals surface area (Å²) in [5, 5.41) is 20.8. The van der Waals surface area contributed by atoms with Crippen LogP contribution in [-0.4, -0.2) is 10.6 Å². The number of hydrogen-bond donors (Lipinski definition) is 0.